The van der Waals surface area contributed by atoms with Crippen molar-refractivity contribution in [2.75, 3.05) is 0 Å². The van der Waals surface area contributed by atoms with Gasteiger partial charge in [0.2, 0.25) is 0 Å². The van der Waals surface area contributed by atoms with Gasteiger partial charge in [-0.1, -0.05) is 18.7 Å². The van der Waals surface area contributed by atoms with Crippen molar-refractivity contribution in [3.63, 3.8) is 0 Å². The topological polar surface area (TPSA) is 87.1 Å². The average Bonchev–Trinajstić information content (AvgIpc) is 2.12. The van der Waals surface area contributed by atoms with Crippen LogP contribution in [0.3, 0.4) is 0 Å². The van der Waals surface area contributed by atoms with Crippen LogP contribution in [-0.4, -0.2) is 33.6 Å². The normalized spacial score (nSPS) is 11.7. The maximum atomic E-state index is 11.0. The minimum atomic E-state index is -1.20. The third-order valence-corrected chi connectivity index (χ3v) is 1.44. The van der Waals surface area contributed by atoms with Gasteiger partial charge < -0.3 is 4.74 Å². The second kappa shape index (κ2) is 5.36. The predicted molar refractivity (Wildman–Crippen MR) is 45.4 cm³/mol. The summed E-state index contributed by atoms with van der Waals surface area (Å²) in [6.45, 7) is 6.32. The van der Waals surface area contributed by atoms with Crippen molar-refractivity contribution in [1.29, 1.82) is 0 Å². The Hall–Kier alpha value is -1.40. The number of carbonyl (C=O) groups is 2. The van der Waals surface area contributed by atoms with Gasteiger partial charge in [-0.05, 0) is 13.3 Å². The molecule has 0 aliphatic carbocycles. The minimum absolute atomic E-state index is 0.138. The zero-order valence-electron chi connectivity index (χ0n) is 8.06. The summed E-state index contributed by atoms with van der Waals surface area (Å²) in [5.74, 6) is -1.84. The SMILES string of the molecule is C=C(C)C(=O)OC(CC)C(=O)N(O)O. The van der Waals surface area contributed by atoms with Gasteiger partial charge in [0.05, 0.1) is 0 Å². The quantitative estimate of drug-likeness (QED) is 0.300. The highest BCUT2D eigenvalue weighted by atomic mass is 16.8. The summed E-state index contributed by atoms with van der Waals surface area (Å²) in [5, 5.41) is 16.2. The summed E-state index contributed by atoms with van der Waals surface area (Å²) in [4.78, 5) is 21.9. The molecule has 0 bridgehead atoms. The maximum absolute atomic E-state index is 11.0. The molecule has 0 rings (SSSR count). The van der Waals surface area contributed by atoms with E-state index in [4.69, 9.17) is 10.4 Å². The number of hydrogen-bond acceptors (Lipinski definition) is 5. The Morgan fingerprint density at radius 3 is 2.29 bits per heavy atom. The van der Waals surface area contributed by atoms with Gasteiger partial charge in [-0.3, -0.25) is 15.2 Å². The molecule has 6 heteroatoms. The number of hydrogen-bond donors (Lipinski definition) is 2. The summed E-state index contributed by atoms with van der Waals surface area (Å²) in [6.07, 6.45) is -1.05. The van der Waals surface area contributed by atoms with Crippen molar-refractivity contribution in [1.82, 2.24) is 5.23 Å². The van der Waals surface area contributed by atoms with Gasteiger partial charge >= 0.3 is 11.9 Å². The Labute approximate surface area is 81.3 Å². The Balaban J connectivity index is 4.37. The van der Waals surface area contributed by atoms with Gasteiger partial charge in [0.1, 0.15) is 0 Å². The molecule has 0 radical (unpaired) electrons. The first kappa shape index (κ1) is 12.6. The molecule has 2 N–H and O–H groups in total. The van der Waals surface area contributed by atoms with Crippen LogP contribution in [0.15, 0.2) is 12.2 Å². The first-order chi connectivity index (χ1) is 6.40. The monoisotopic (exact) mass is 203 g/mol. The third kappa shape index (κ3) is 3.55. The molecule has 0 saturated heterocycles. The van der Waals surface area contributed by atoms with E-state index in [1.807, 2.05) is 0 Å². The smallest absolute Gasteiger partial charge is 0.333 e. The van der Waals surface area contributed by atoms with Gasteiger partial charge in [-0.25, -0.2) is 4.79 Å². The fourth-order valence-electron chi connectivity index (χ4n) is 0.667. The van der Waals surface area contributed by atoms with E-state index >= 15 is 0 Å². The van der Waals surface area contributed by atoms with E-state index in [-0.39, 0.29) is 12.0 Å². The van der Waals surface area contributed by atoms with Crippen molar-refractivity contribution in [3.8, 4) is 0 Å². The van der Waals surface area contributed by atoms with Crippen molar-refractivity contribution in [2.45, 2.75) is 26.4 Å². The molecule has 1 unspecified atom stereocenters. The van der Waals surface area contributed by atoms with Crippen molar-refractivity contribution < 1.29 is 24.7 Å². The number of carbonyl (C=O) groups excluding carboxylic acids is 2. The van der Waals surface area contributed by atoms with Gasteiger partial charge in [0, 0.05) is 5.57 Å². The van der Waals surface area contributed by atoms with E-state index in [1.54, 1.807) is 6.92 Å². The molecular formula is C8H13NO5. The highest BCUT2D eigenvalue weighted by molar-refractivity contribution is 5.90. The van der Waals surface area contributed by atoms with E-state index in [9.17, 15) is 9.59 Å². The zero-order chi connectivity index (χ0) is 11.3. The van der Waals surface area contributed by atoms with Gasteiger partial charge in [-0.2, -0.15) is 0 Å². The first-order valence-corrected chi connectivity index (χ1v) is 3.98. The minimum Gasteiger partial charge on any atom is -0.449 e. The van der Waals surface area contributed by atoms with Gasteiger partial charge in [-0.15, -0.1) is 0 Å². The number of amides is 1. The number of nitrogens with zero attached hydrogens (tertiary/aromatic N) is 1. The van der Waals surface area contributed by atoms with Crippen LogP contribution < -0.4 is 0 Å². The molecule has 0 aromatic heterocycles. The molecule has 6 nitrogen and oxygen atoms in total. The summed E-state index contributed by atoms with van der Waals surface area (Å²) in [5.41, 5.74) is 0.138. The highest BCUT2D eigenvalue weighted by Crippen LogP contribution is 2.04. The third-order valence-electron chi connectivity index (χ3n) is 1.44. The van der Waals surface area contributed by atoms with Gasteiger partial charge in [0.25, 0.3) is 0 Å². The predicted octanol–water partition coefficient (Wildman–Crippen LogP) is 0.491. The Morgan fingerprint density at radius 1 is 1.50 bits per heavy atom. The Morgan fingerprint density at radius 2 is 2.00 bits per heavy atom. The van der Waals surface area contributed by atoms with E-state index < -0.39 is 23.2 Å². The van der Waals surface area contributed by atoms with E-state index in [0.717, 1.165) is 0 Å². The van der Waals surface area contributed by atoms with Crippen LogP contribution in [0.1, 0.15) is 20.3 Å². The summed E-state index contributed by atoms with van der Waals surface area (Å²) in [6, 6.07) is 0. The van der Waals surface area contributed by atoms with Crippen molar-refractivity contribution >= 4 is 11.9 Å². The lowest BCUT2D eigenvalue weighted by Crippen LogP contribution is -2.37. The second-order valence-electron chi connectivity index (χ2n) is 2.71. The second-order valence-corrected chi connectivity index (χ2v) is 2.71. The van der Waals surface area contributed by atoms with Crippen LogP contribution in [0.4, 0.5) is 0 Å². The fraction of sp³-hybridized carbons (Fsp3) is 0.500. The molecule has 14 heavy (non-hydrogen) atoms. The first-order valence-electron chi connectivity index (χ1n) is 3.98. The molecule has 0 saturated carbocycles. The number of ether oxygens (including phenoxy) is 1. The Kier molecular flexibility index (Phi) is 4.82. The summed E-state index contributed by atoms with van der Waals surface area (Å²) in [7, 11) is 0. The standard InChI is InChI=1S/C8H13NO5/c1-4-6(7(10)9(12)13)14-8(11)5(2)3/h6,12-13H,2,4H2,1,3H3. The number of rotatable bonds is 4. The van der Waals surface area contributed by atoms with Crippen molar-refractivity contribution in [3.05, 3.63) is 12.2 Å². The maximum Gasteiger partial charge on any atom is 0.333 e. The molecule has 0 fully saturated rings. The molecular weight excluding hydrogens is 190 g/mol. The van der Waals surface area contributed by atoms with Crippen LogP contribution in [0.2, 0.25) is 0 Å². The largest absolute Gasteiger partial charge is 0.449 e. The molecule has 0 aromatic carbocycles. The molecule has 1 atom stereocenters. The number of hydroxylamine groups is 2. The van der Waals surface area contributed by atoms with Crippen LogP contribution in [0.5, 0.6) is 0 Å². The van der Waals surface area contributed by atoms with Gasteiger partial charge in [0.15, 0.2) is 6.10 Å². The van der Waals surface area contributed by atoms with Crippen LogP contribution in [0, 0.1) is 0 Å². The lowest BCUT2D eigenvalue weighted by atomic mass is 10.2. The Bertz CT molecular complexity index is 248. The van der Waals surface area contributed by atoms with E-state index in [2.05, 4.69) is 11.3 Å². The molecule has 0 aliphatic rings. The lowest BCUT2D eigenvalue weighted by Gasteiger charge is -2.16. The van der Waals surface area contributed by atoms with Crippen LogP contribution in [0.25, 0.3) is 0 Å². The molecule has 1 amide bonds. The van der Waals surface area contributed by atoms with Crippen LogP contribution in [-0.2, 0) is 14.3 Å². The highest BCUT2D eigenvalue weighted by Gasteiger charge is 2.25. The molecule has 0 spiro atoms. The van der Waals surface area contributed by atoms with Crippen LogP contribution >= 0.6 is 0 Å². The number of esters is 1. The summed E-state index contributed by atoms with van der Waals surface area (Å²) < 4.78 is 4.63. The fourth-order valence-corrected chi connectivity index (χ4v) is 0.667. The zero-order valence-corrected chi connectivity index (χ0v) is 8.06. The molecule has 80 valence electrons. The average molecular weight is 203 g/mol. The summed E-state index contributed by atoms with van der Waals surface area (Å²) >= 11 is 0. The molecule has 0 aromatic rings. The molecule has 0 aliphatic heterocycles. The van der Waals surface area contributed by atoms with E-state index in [0.29, 0.717) is 0 Å². The lowest BCUT2D eigenvalue weighted by molar-refractivity contribution is -0.290. The molecule has 0 heterocycles. The van der Waals surface area contributed by atoms with E-state index in [1.165, 1.54) is 6.92 Å². The van der Waals surface area contributed by atoms with Crippen molar-refractivity contribution in [2.24, 2.45) is 0 Å².